The van der Waals surface area contributed by atoms with Crippen LogP contribution in [0.15, 0.2) is 48.7 Å². The van der Waals surface area contributed by atoms with Gasteiger partial charge in [0.25, 0.3) is 0 Å². The van der Waals surface area contributed by atoms with E-state index in [2.05, 4.69) is 68.7 Å². The minimum atomic E-state index is -0.852. The smallest absolute Gasteiger partial charge is 0.134 e. The zero-order valence-electron chi connectivity index (χ0n) is 18.6. The van der Waals surface area contributed by atoms with E-state index in [-0.39, 0.29) is 6.04 Å². The van der Waals surface area contributed by atoms with Crippen molar-refractivity contribution >= 4 is 22.3 Å². The fourth-order valence-corrected chi connectivity index (χ4v) is 5.74. The Bertz CT molecular complexity index is 1250. The van der Waals surface area contributed by atoms with Crippen LogP contribution < -0.4 is 15.5 Å². The number of nitrogens with one attached hydrogen (secondary N) is 2. The summed E-state index contributed by atoms with van der Waals surface area (Å²) >= 11 is 0. The van der Waals surface area contributed by atoms with E-state index in [4.69, 9.17) is 0 Å². The van der Waals surface area contributed by atoms with Crippen molar-refractivity contribution in [3.63, 3.8) is 0 Å². The molecule has 6 rings (SSSR count). The first-order valence-electron chi connectivity index (χ1n) is 11.6. The topological polar surface area (TPSA) is 67.2 Å². The van der Waals surface area contributed by atoms with Gasteiger partial charge in [-0.2, -0.15) is 5.26 Å². The van der Waals surface area contributed by atoms with Gasteiger partial charge in [0.1, 0.15) is 12.2 Å². The molecule has 3 aliphatic heterocycles. The van der Waals surface area contributed by atoms with Crippen molar-refractivity contribution in [1.29, 1.82) is 5.26 Å². The number of nitriles is 1. The summed E-state index contributed by atoms with van der Waals surface area (Å²) in [4.78, 5) is 9.50. The summed E-state index contributed by atoms with van der Waals surface area (Å²) in [5.41, 5.74) is 6.19. The van der Waals surface area contributed by atoms with Crippen molar-refractivity contribution < 1.29 is 4.39 Å². The van der Waals surface area contributed by atoms with E-state index in [9.17, 15) is 9.65 Å². The summed E-state index contributed by atoms with van der Waals surface area (Å²) in [6.45, 7) is 6.09. The van der Waals surface area contributed by atoms with Gasteiger partial charge in [-0.15, -0.1) is 0 Å². The fraction of sp³-hybridized carbons (Fsp3) is 0.385. The summed E-state index contributed by atoms with van der Waals surface area (Å²) < 4.78 is 14.0. The van der Waals surface area contributed by atoms with Crippen LogP contribution in [-0.4, -0.2) is 54.3 Å². The van der Waals surface area contributed by atoms with E-state index in [1.54, 1.807) is 6.20 Å². The third-order valence-corrected chi connectivity index (χ3v) is 7.40. The highest BCUT2D eigenvalue weighted by Crippen LogP contribution is 2.42. The Hall–Kier alpha value is -3.21. The number of benzene rings is 2. The molecular formula is C26H27FN6. The molecule has 2 fully saturated rings. The monoisotopic (exact) mass is 442 g/mol. The van der Waals surface area contributed by atoms with Crippen molar-refractivity contribution in [3.05, 3.63) is 65.4 Å². The fourth-order valence-electron chi connectivity index (χ4n) is 5.74. The maximum atomic E-state index is 14.0. The van der Waals surface area contributed by atoms with E-state index in [1.807, 2.05) is 12.1 Å². The molecular weight excluding hydrogens is 415 g/mol. The SMILES string of the molecule is C[C@@H]1CN(c2ccc(C#N)c3ncccc23)C[C@@H]2c3ccc(N[C@H]4CNC[C@@H]4F)cc3CN12. The summed E-state index contributed by atoms with van der Waals surface area (Å²) in [6, 6.07) is 17.3. The lowest BCUT2D eigenvalue weighted by molar-refractivity contribution is 0.134. The van der Waals surface area contributed by atoms with E-state index in [1.165, 1.54) is 11.1 Å². The highest BCUT2D eigenvalue weighted by molar-refractivity contribution is 5.95. The lowest BCUT2D eigenvalue weighted by atomic mass is 9.99. The van der Waals surface area contributed by atoms with E-state index in [0.29, 0.717) is 30.7 Å². The quantitative estimate of drug-likeness (QED) is 0.646. The van der Waals surface area contributed by atoms with Crippen LogP contribution in [0.5, 0.6) is 0 Å². The number of aromatic nitrogens is 1. The molecule has 1 aromatic heterocycles. The highest BCUT2D eigenvalue weighted by atomic mass is 19.1. The number of anilines is 2. The lowest BCUT2D eigenvalue weighted by Gasteiger charge is -2.43. The third-order valence-electron chi connectivity index (χ3n) is 7.40. The summed E-state index contributed by atoms with van der Waals surface area (Å²) in [6.07, 6.45) is 0.897. The molecule has 2 N–H and O–H groups in total. The molecule has 4 atom stereocenters. The van der Waals surface area contributed by atoms with Crippen LogP contribution in [0.2, 0.25) is 0 Å². The Morgan fingerprint density at radius 1 is 1.18 bits per heavy atom. The zero-order valence-corrected chi connectivity index (χ0v) is 18.6. The molecule has 2 saturated heterocycles. The van der Waals surface area contributed by atoms with Gasteiger partial charge in [-0.3, -0.25) is 9.88 Å². The average Bonchev–Trinajstić information content (AvgIpc) is 3.41. The summed E-state index contributed by atoms with van der Waals surface area (Å²) in [5.74, 6) is 0. The van der Waals surface area contributed by atoms with Gasteiger partial charge in [-0.05, 0) is 54.4 Å². The molecule has 4 heterocycles. The normalized spacial score (nSPS) is 26.8. The van der Waals surface area contributed by atoms with Crippen molar-refractivity contribution in [2.24, 2.45) is 0 Å². The molecule has 0 unspecified atom stereocenters. The molecule has 0 aliphatic carbocycles. The second-order valence-corrected chi connectivity index (χ2v) is 9.42. The maximum absolute atomic E-state index is 14.0. The Labute approximate surface area is 193 Å². The second-order valence-electron chi connectivity index (χ2n) is 9.42. The Balaban J connectivity index is 1.30. The molecule has 0 radical (unpaired) electrons. The van der Waals surface area contributed by atoms with Crippen molar-refractivity contribution in [2.75, 3.05) is 36.4 Å². The van der Waals surface area contributed by atoms with Gasteiger partial charge >= 0.3 is 0 Å². The van der Waals surface area contributed by atoms with Crippen molar-refractivity contribution in [2.45, 2.75) is 37.8 Å². The number of halogens is 1. The zero-order chi connectivity index (χ0) is 22.5. The first-order valence-corrected chi connectivity index (χ1v) is 11.6. The summed E-state index contributed by atoms with van der Waals surface area (Å²) in [5, 5.41) is 17.0. The number of piperazine rings is 1. The predicted molar refractivity (Wildman–Crippen MR) is 128 cm³/mol. The first-order chi connectivity index (χ1) is 16.1. The van der Waals surface area contributed by atoms with Gasteiger partial charge in [-0.1, -0.05) is 6.07 Å². The molecule has 3 aliphatic rings. The molecule has 6 nitrogen and oxygen atoms in total. The first kappa shape index (κ1) is 20.4. The van der Waals surface area contributed by atoms with Crippen molar-refractivity contribution in [3.8, 4) is 6.07 Å². The molecule has 0 spiro atoms. The molecule has 7 heteroatoms. The lowest BCUT2D eigenvalue weighted by Crippen LogP contribution is -2.51. The number of rotatable bonds is 3. The Morgan fingerprint density at radius 3 is 2.91 bits per heavy atom. The van der Waals surface area contributed by atoms with Crippen LogP contribution in [-0.2, 0) is 6.54 Å². The highest BCUT2D eigenvalue weighted by Gasteiger charge is 2.39. The largest absolute Gasteiger partial charge is 0.378 e. The molecule has 0 amide bonds. The molecule has 33 heavy (non-hydrogen) atoms. The molecule has 0 saturated carbocycles. The van der Waals surface area contributed by atoms with Gasteiger partial charge in [0.2, 0.25) is 0 Å². The van der Waals surface area contributed by atoms with E-state index in [0.717, 1.165) is 41.9 Å². The van der Waals surface area contributed by atoms with Crippen LogP contribution in [0, 0.1) is 11.3 Å². The van der Waals surface area contributed by atoms with Crippen LogP contribution >= 0.6 is 0 Å². The number of hydrogen-bond acceptors (Lipinski definition) is 6. The Morgan fingerprint density at radius 2 is 2.09 bits per heavy atom. The molecule has 3 aromatic rings. The van der Waals surface area contributed by atoms with Gasteiger partial charge in [0.05, 0.1) is 23.2 Å². The molecule has 2 aromatic carbocycles. The molecule has 168 valence electrons. The minimum Gasteiger partial charge on any atom is -0.378 e. The number of hydrogen-bond donors (Lipinski definition) is 2. The van der Waals surface area contributed by atoms with E-state index < -0.39 is 6.17 Å². The third kappa shape index (κ3) is 3.41. The van der Waals surface area contributed by atoms with Gasteiger partial charge in [-0.25, -0.2) is 4.39 Å². The number of nitrogens with zero attached hydrogens (tertiary/aromatic N) is 4. The van der Waals surface area contributed by atoms with Crippen LogP contribution in [0.4, 0.5) is 15.8 Å². The maximum Gasteiger partial charge on any atom is 0.134 e. The summed E-state index contributed by atoms with van der Waals surface area (Å²) in [7, 11) is 0. The number of fused-ring (bicyclic) bond motifs is 4. The van der Waals surface area contributed by atoms with Crippen LogP contribution in [0.25, 0.3) is 10.9 Å². The standard InChI is InChI=1S/C26H27FN6/c1-16-13-32(24-7-4-17(10-28)26-21(24)3-2-8-30-26)15-25-20-6-5-19(9-18(20)14-33(16)25)31-23-12-29-11-22(23)27/h2-9,16,22-23,25,29,31H,11-15H2,1H3/t16-,22+,23+,25-/m1/s1. The number of pyridine rings is 1. The predicted octanol–water partition coefficient (Wildman–Crippen LogP) is 3.59. The van der Waals surface area contributed by atoms with Crippen LogP contribution in [0.3, 0.4) is 0 Å². The van der Waals surface area contributed by atoms with Crippen LogP contribution in [0.1, 0.15) is 29.7 Å². The van der Waals surface area contributed by atoms with Crippen molar-refractivity contribution in [1.82, 2.24) is 15.2 Å². The molecule has 0 bridgehead atoms. The second kappa shape index (κ2) is 7.98. The van der Waals surface area contributed by atoms with Gasteiger partial charge < -0.3 is 15.5 Å². The Kier molecular flexibility index (Phi) is 4.93. The number of alkyl halides is 1. The van der Waals surface area contributed by atoms with E-state index >= 15 is 0 Å². The van der Waals surface area contributed by atoms with Gasteiger partial charge in [0, 0.05) is 61.7 Å². The minimum absolute atomic E-state index is 0.167. The average molecular weight is 443 g/mol. The van der Waals surface area contributed by atoms with Gasteiger partial charge in [0.15, 0.2) is 0 Å².